The summed E-state index contributed by atoms with van der Waals surface area (Å²) < 4.78 is 17.4. The van der Waals surface area contributed by atoms with Crippen LogP contribution in [0.25, 0.3) is 11.2 Å². The number of fused-ring (bicyclic) bond motifs is 1. The molecule has 0 aliphatic carbocycles. The van der Waals surface area contributed by atoms with Crippen LogP contribution in [0.2, 0.25) is 0 Å². The van der Waals surface area contributed by atoms with Crippen molar-refractivity contribution in [2.45, 2.75) is 31.1 Å². The summed E-state index contributed by atoms with van der Waals surface area (Å²) in [6.45, 7) is -0.225. The lowest BCUT2D eigenvalue weighted by molar-refractivity contribution is -0.0511. The van der Waals surface area contributed by atoms with E-state index in [2.05, 4.69) is 20.3 Å². The number of hydrogen-bond donors (Lipinski definition) is 5. The number of rotatable bonds is 7. The van der Waals surface area contributed by atoms with E-state index in [1.165, 1.54) is 31.4 Å². The van der Waals surface area contributed by atoms with Crippen LogP contribution in [0.1, 0.15) is 11.8 Å². The fourth-order valence-corrected chi connectivity index (χ4v) is 3.55. The summed E-state index contributed by atoms with van der Waals surface area (Å²) in [5.74, 6) is 0.968. The molecule has 12 heteroatoms. The number of nitrogens with one attached hydrogen (secondary N) is 1. The molecule has 0 unspecified atom stereocenters. The van der Waals surface area contributed by atoms with E-state index in [9.17, 15) is 20.4 Å². The van der Waals surface area contributed by atoms with Gasteiger partial charge in [-0.05, 0) is 12.1 Å². The van der Waals surface area contributed by atoms with Crippen LogP contribution < -0.4 is 14.8 Å². The molecule has 3 heterocycles. The number of phenolic OH excluding ortho intramolecular Hbond substituents is 1. The van der Waals surface area contributed by atoms with Crippen molar-refractivity contribution in [3.63, 3.8) is 0 Å². The quantitative estimate of drug-likeness (QED) is 0.334. The fourth-order valence-electron chi connectivity index (χ4n) is 3.55. The van der Waals surface area contributed by atoms with Gasteiger partial charge in [-0.25, -0.2) is 15.0 Å². The van der Waals surface area contributed by atoms with Crippen LogP contribution in [0, 0.1) is 0 Å². The SMILES string of the molecule is COc1ccc(CNc2ncnc3c2ncn3[C@@H]2O[C@H](CO)[C@@H](O)[C@H]2O)c(O)c1OC. The van der Waals surface area contributed by atoms with Gasteiger partial charge >= 0.3 is 0 Å². The minimum atomic E-state index is -1.26. The number of aliphatic hydroxyl groups is 3. The number of aromatic nitrogens is 4. The average Bonchev–Trinajstić information content (AvgIpc) is 3.34. The third kappa shape index (κ3) is 3.59. The van der Waals surface area contributed by atoms with Gasteiger partial charge in [-0.3, -0.25) is 4.57 Å². The van der Waals surface area contributed by atoms with Gasteiger partial charge in [0.25, 0.3) is 0 Å². The Kier molecular flexibility index (Phi) is 5.78. The van der Waals surface area contributed by atoms with E-state index in [0.29, 0.717) is 28.3 Å². The lowest BCUT2D eigenvalue weighted by atomic mass is 10.1. The Bertz CT molecular complexity index is 1080. The van der Waals surface area contributed by atoms with Crippen LogP contribution in [0.3, 0.4) is 0 Å². The lowest BCUT2D eigenvalue weighted by Gasteiger charge is -2.16. The smallest absolute Gasteiger partial charge is 0.203 e. The predicted molar refractivity (Wildman–Crippen MR) is 107 cm³/mol. The Balaban J connectivity index is 1.60. The molecule has 0 radical (unpaired) electrons. The Morgan fingerprint density at radius 2 is 1.94 bits per heavy atom. The molecule has 0 amide bonds. The summed E-state index contributed by atoms with van der Waals surface area (Å²) in [7, 11) is 2.92. The number of anilines is 1. The summed E-state index contributed by atoms with van der Waals surface area (Å²) >= 11 is 0. The third-order valence-electron chi connectivity index (χ3n) is 5.20. The number of nitrogens with zero attached hydrogens (tertiary/aromatic N) is 4. The van der Waals surface area contributed by atoms with Crippen LogP contribution in [-0.4, -0.2) is 79.1 Å². The minimum Gasteiger partial charge on any atom is -0.504 e. The molecule has 1 saturated heterocycles. The van der Waals surface area contributed by atoms with Crippen LogP contribution in [0.15, 0.2) is 24.8 Å². The van der Waals surface area contributed by atoms with Gasteiger partial charge in [0.2, 0.25) is 5.75 Å². The van der Waals surface area contributed by atoms with Crippen LogP contribution in [-0.2, 0) is 11.3 Å². The number of aliphatic hydroxyl groups excluding tert-OH is 3. The number of phenols is 1. The topological polar surface area (TPSA) is 164 Å². The van der Waals surface area contributed by atoms with Crippen molar-refractivity contribution in [3.8, 4) is 17.2 Å². The third-order valence-corrected chi connectivity index (χ3v) is 5.20. The Morgan fingerprint density at radius 1 is 1.13 bits per heavy atom. The predicted octanol–water partition coefficient (Wildman–Crippen LogP) is -0.227. The second-order valence-corrected chi connectivity index (χ2v) is 6.94. The Hall–Kier alpha value is -3.19. The first-order valence-corrected chi connectivity index (χ1v) is 9.46. The Labute approximate surface area is 176 Å². The maximum Gasteiger partial charge on any atom is 0.203 e. The van der Waals surface area contributed by atoms with E-state index in [-0.39, 0.29) is 18.0 Å². The zero-order valence-electron chi connectivity index (χ0n) is 16.8. The highest BCUT2D eigenvalue weighted by molar-refractivity contribution is 5.82. The van der Waals surface area contributed by atoms with Crippen LogP contribution >= 0.6 is 0 Å². The molecule has 166 valence electrons. The van der Waals surface area contributed by atoms with Gasteiger partial charge in [0, 0.05) is 12.1 Å². The first kappa shape index (κ1) is 21.1. The summed E-state index contributed by atoms with van der Waals surface area (Å²) in [6, 6.07) is 3.38. The van der Waals surface area contributed by atoms with E-state index in [4.69, 9.17) is 14.2 Å². The van der Waals surface area contributed by atoms with Gasteiger partial charge < -0.3 is 40.0 Å². The molecule has 1 fully saturated rings. The van der Waals surface area contributed by atoms with Crippen LogP contribution in [0.5, 0.6) is 17.2 Å². The van der Waals surface area contributed by atoms with Crippen molar-refractivity contribution in [2.24, 2.45) is 0 Å². The highest BCUT2D eigenvalue weighted by Crippen LogP contribution is 2.39. The second-order valence-electron chi connectivity index (χ2n) is 6.94. The van der Waals surface area contributed by atoms with E-state index >= 15 is 0 Å². The number of aromatic hydroxyl groups is 1. The van der Waals surface area contributed by atoms with Gasteiger partial charge in [-0.1, -0.05) is 0 Å². The van der Waals surface area contributed by atoms with Crippen molar-refractivity contribution in [3.05, 3.63) is 30.4 Å². The molecule has 12 nitrogen and oxygen atoms in total. The summed E-state index contributed by atoms with van der Waals surface area (Å²) in [4.78, 5) is 12.7. The van der Waals surface area contributed by atoms with Gasteiger partial charge in [-0.15, -0.1) is 0 Å². The number of hydrogen-bond acceptors (Lipinski definition) is 11. The first-order valence-electron chi connectivity index (χ1n) is 9.46. The number of ether oxygens (including phenoxy) is 3. The van der Waals surface area contributed by atoms with Crippen molar-refractivity contribution < 1.29 is 34.6 Å². The maximum absolute atomic E-state index is 10.5. The van der Waals surface area contributed by atoms with Crippen molar-refractivity contribution >= 4 is 17.0 Å². The monoisotopic (exact) mass is 433 g/mol. The van der Waals surface area contributed by atoms with Crippen LogP contribution in [0.4, 0.5) is 5.82 Å². The van der Waals surface area contributed by atoms with E-state index in [0.717, 1.165) is 0 Å². The van der Waals surface area contributed by atoms with E-state index < -0.39 is 31.1 Å². The van der Waals surface area contributed by atoms with E-state index in [1.807, 2.05) is 0 Å². The number of benzene rings is 1. The molecule has 4 atom stereocenters. The molecule has 1 aliphatic heterocycles. The molecule has 31 heavy (non-hydrogen) atoms. The number of imidazole rings is 1. The molecule has 0 saturated carbocycles. The molecule has 4 rings (SSSR count). The first-order chi connectivity index (χ1) is 15.0. The summed E-state index contributed by atoms with van der Waals surface area (Å²) in [5, 5.41) is 43.2. The molecule has 3 aromatic rings. The van der Waals surface area contributed by atoms with Crippen molar-refractivity contribution in [1.29, 1.82) is 0 Å². The summed E-state index contributed by atoms with van der Waals surface area (Å²) in [5.41, 5.74) is 1.32. The van der Waals surface area contributed by atoms with Crippen molar-refractivity contribution in [1.82, 2.24) is 19.5 Å². The zero-order valence-corrected chi connectivity index (χ0v) is 16.8. The fraction of sp³-hybridized carbons (Fsp3) is 0.421. The van der Waals surface area contributed by atoms with Gasteiger partial charge in [0.15, 0.2) is 34.7 Å². The molecule has 0 spiro atoms. The normalized spacial score (nSPS) is 23.3. The molecule has 1 aliphatic rings. The zero-order chi connectivity index (χ0) is 22.1. The van der Waals surface area contributed by atoms with Gasteiger partial charge in [-0.2, -0.15) is 0 Å². The molecular formula is C19H23N5O7. The molecular weight excluding hydrogens is 410 g/mol. The largest absolute Gasteiger partial charge is 0.504 e. The summed E-state index contributed by atoms with van der Waals surface area (Å²) in [6.07, 6.45) is -1.64. The minimum absolute atomic E-state index is 0.0586. The maximum atomic E-state index is 10.5. The number of methoxy groups -OCH3 is 2. The highest BCUT2D eigenvalue weighted by atomic mass is 16.6. The molecule has 2 aromatic heterocycles. The Morgan fingerprint density at radius 3 is 2.61 bits per heavy atom. The highest BCUT2D eigenvalue weighted by Gasteiger charge is 2.44. The second kappa shape index (κ2) is 8.51. The molecule has 1 aromatic carbocycles. The lowest BCUT2D eigenvalue weighted by Crippen LogP contribution is -2.33. The van der Waals surface area contributed by atoms with Crippen molar-refractivity contribution in [2.75, 3.05) is 26.1 Å². The molecule has 5 N–H and O–H groups in total. The standard InChI is InChI=1S/C19H23N5O7/c1-29-10-4-3-9(13(26)16(10)30-2)5-20-17-12-18(22-7-21-17)24(8-23-12)19-15(28)14(27)11(6-25)31-19/h3-4,7-8,11,14-15,19,25-28H,5-6H2,1-2H3,(H,20,21,22)/t11-,14-,15-,19-/m1/s1. The molecule has 0 bridgehead atoms. The van der Waals surface area contributed by atoms with Gasteiger partial charge in [0.05, 0.1) is 27.2 Å². The van der Waals surface area contributed by atoms with Gasteiger partial charge in [0.1, 0.15) is 24.6 Å². The average molecular weight is 433 g/mol. The van der Waals surface area contributed by atoms with E-state index in [1.54, 1.807) is 12.1 Å².